The predicted octanol–water partition coefficient (Wildman–Crippen LogP) is 3.63. The van der Waals surface area contributed by atoms with E-state index in [0.717, 1.165) is 11.5 Å². The van der Waals surface area contributed by atoms with E-state index in [2.05, 4.69) is 19.2 Å². The Hall–Kier alpha value is -0.740. The highest BCUT2D eigenvalue weighted by Crippen LogP contribution is 2.22. The number of benzene rings is 1. The van der Waals surface area contributed by atoms with Crippen molar-refractivity contribution >= 4 is 11.8 Å². The summed E-state index contributed by atoms with van der Waals surface area (Å²) in [7, 11) is 1.54. The topological polar surface area (TPSA) is 21.3 Å². The predicted molar refractivity (Wildman–Crippen MR) is 77.0 cm³/mol. The van der Waals surface area contributed by atoms with Crippen LogP contribution in [0.3, 0.4) is 0 Å². The lowest BCUT2D eigenvalue weighted by atomic mass is 10.1. The number of methoxy groups -OCH3 is 1. The molecule has 0 fully saturated rings. The first kappa shape index (κ1) is 15.3. The summed E-state index contributed by atoms with van der Waals surface area (Å²) in [5.41, 5.74) is 0.684. The van der Waals surface area contributed by atoms with E-state index in [9.17, 15) is 4.39 Å². The van der Waals surface area contributed by atoms with Crippen molar-refractivity contribution in [3.63, 3.8) is 0 Å². The molecule has 0 aliphatic carbocycles. The first-order valence-corrected chi connectivity index (χ1v) is 7.41. The molecule has 0 amide bonds. The SMILES string of the molecule is CCSCC(C)NC(C)c1ccc(OC)cc1F. The fraction of sp³-hybridized carbons (Fsp3) is 0.571. The van der Waals surface area contributed by atoms with E-state index < -0.39 is 0 Å². The molecular formula is C14H22FNOS. The Balaban J connectivity index is 2.63. The summed E-state index contributed by atoms with van der Waals surface area (Å²) in [6, 6.07) is 5.38. The van der Waals surface area contributed by atoms with Crippen LogP contribution in [0.2, 0.25) is 0 Å². The van der Waals surface area contributed by atoms with E-state index in [-0.39, 0.29) is 11.9 Å². The Morgan fingerprint density at radius 3 is 2.67 bits per heavy atom. The molecule has 0 aliphatic heterocycles. The zero-order valence-corrected chi connectivity index (χ0v) is 12.3. The van der Waals surface area contributed by atoms with Crippen molar-refractivity contribution in [1.82, 2.24) is 5.32 Å². The van der Waals surface area contributed by atoms with Gasteiger partial charge in [0.25, 0.3) is 0 Å². The van der Waals surface area contributed by atoms with Gasteiger partial charge < -0.3 is 10.1 Å². The lowest BCUT2D eigenvalue weighted by molar-refractivity contribution is 0.409. The Morgan fingerprint density at radius 1 is 1.39 bits per heavy atom. The van der Waals surface area contributed by atoms with Gasteiger partial charge >= 0.3 is 0 Å². The van der Waals surface area contributed by atoms with E-state index in [1.807, 2.05) is 18.7 Å². The maximum absolute atomic E-state index is 13.9. The summed E-state index contributed by atoms with van der Waals surface area (Å²) < 4.78 is 18.9. The third kappa shape index (κ3) is 4.50. The van der Waals surface area contributed by atoms with Gasteiger partial charge in [0, 0.05) is 29.5 Å². The summed E-state index contributed by atoms with van der Waals surface area (Å²) in [6.07, 6.45) is 0. The van der Waals surface area contributed by atoms with Crippen molar-refractivity contribution in [1.29, 1.82) is 0 Å². The summed E-state index contributed by atoms with van der Waals surface area (Å²) >= 11 is 1.89. The number of rotatable bonds is 7. The fourth-order valence-electron chi connectivity index (χ4n) is 1.85. The standard InChI is InChI=1S/C14H22FNOS/c1-5-18-9-10(2)16-11(3)13-7-6-12(17-4)8-14(13)15/h6-8,10-11,16H,5,9H2,1-4H3. The molecule has 1 rings (SSSR count). The highest BCUT2D eigenvalue weighted by atomic mass is 32.2. The molecular weight excluding hydrogens is 249 g/mol. The van der Waals surface area contributed by atoms with Gasteiger partial charge in [0.15, 0.2) is 0 Å². The number of thioether (sulfide) groups is 1. The molecule has 1 aromatic carbocycles. The Morgan fingerprint density at radius 2 is 2.11 bits per heavy atom. The van der Waals surface area contributed by atoms with Crippen molar-refractivity contribution in [2.45, 2.75) is 32.9 Å². The van der Waals surface area contributed by atoms with Crippen LogP contribution in [0.4, 0.5) is 4.39 Å². The van der Waals surface area contributed by atoms with Gasteiger partial charge in [-0.1, -0.05) is 13.0 Å². The van der Waals surface area contributed by atoms with Crippen LogP contribution in [0.25, 0.3) is 0 Å². The first-order valence-electron chi connectivity index (χ1n) is 6.25. The molecule has 0 spiro atoms. The average molecular weight is 271 g/mol. The minimum atomic E-state index is -0.218. The van der Waals surface area contributed by atoms with Gasteiger partial charge in [0.2, 0.25) is 0 Å². The third-order valence-electron chi connectivity index (χ3n) is 2.78. The molecule has 0 radical (unpaired) electrons. The highest BCUT2D eigenvalue weighted by molar-refractivity contribution is 7.99. The number of hydrogen-bond acceptors (Lipinski definition) is 3. The molecule has 0 heterocycles. The van der Waals surface area contributed by atoms with Gasteiger partial charge in [-0.05, 0) is 25.7 Å². The maximum atomic E-state index is 13.9. The van der Waals surface area contributed by atoms with Gasteiger partial charge in [-0.2, -0.15) is 11.8 Å². The van der Waals surface area contributed by atoms with E-state index in [1.165, 1.54) is 6.07 Å². The van der Waals surface area contributed by atoms with Crippen molar-refractivity contribution < 1.29 is 9.13 Å². The van der Waals surface area contributed by atoms with Crippen LogP contribution in [-0.2, 0) is 0 Å². The number of halogens is 1. The summed E-state index contributed by atoms with van der Waals surface area (Å²) in [4.78, 5) is 0. The van der Waals surface area contributed by atoms with Crippen molar-refractivity contribution in [2.75, 3.05) is 18.6 Å². The van der Waals surface area contributed by atoms with E-state index in [4.69, 9.17) is 4.74 Å². The van der Waals surface area contributed by atoms with Crippen LogP contribution in [0, 0.1) is 5.82 Å². The maximum Gasteiger partial charge on any atom is 0.131 e. The van der Waals surface area contributed by atoms with E-state index >= 15 is 0 Å². The lowest BCUT2D eigenvalue weighted by Crippen LogP contribution is -2.31. The normalized spacial score (nSPS) is 14.3. The van der Waals surface area contributed by atoms with Crippen LogP contribution in [0.15, 0.2) is 18.2 Å². The number of ether oxygens (including phenoxy) is 1. The summed E-state index contributed by atoms with van der Waals surface area (Å²) in [5, 5.41) is 3.41. The minimum Gasteiger partial charge on any atom is -0.497 e. The molecule has 0 aliphatic rings. The van der Waals surface area contributed by atoms with Crippen molar-refractivity contribution in [3.8, 4) is 5.75 Å². The second kappa shape index (κ2) is 7.64. The Bertz CT molecular complexity index is 373. The monoisotopic (exact) mass is 271 g/mol. The Kier molecular flexibility index (Phi) is 6.50. The molecule has 2 unspecified atom stereocenters. The molecule has 0 aromatic heterocycles. The van der Waals surface area contributed by atoms with Gasteiger partial charge in [0.1, 0.15) is 11.6 Å². The molecule has 2 nitrogen and oxygen atoms in total. The summed E-state index contributed by atoms with van der Waals surface area (Å²) in [6.45, 7) is 6.25. The number of hydrogen-bond donors (Lipinski definition) is 1. The van der Waals surface area contributed by atoms with Gasteiger partial charge in [-0.25, -0.2) is 4.39 Å². The molecule has 102 valence electrons. The molecule has 0 saturated heterocycles. The van der Waals surface area contributed by atoms with Crippen LogP contribution in [0.5, 0.6) is 5.75 Å². The highest BCUT2D eigenvalue weighted by Gasteiger charge is 2.13. The molecule has 2 atom stereocenters. The third-order valence-corrected chi connectivity index (χ3v) is 3.92. The van der Waals surface area contributed by atoms with Gasteiger partial charge in [0.05, 0.1) is 7.11 Å². The molecule has 0 saturated carbocycles. The minimum absolute atomic E-state index is 0.00311. The lowest BCUT2D eigenvalue weighted by Gasteiger charge is -2.20. The second-order valence-corrected chi connectivity index (χ2v) is 5.66. The quantitative estimate of drug-likeness (QED) is 0.818. The van der Waals surface area contributed by atoms with Crippen molar-refractivity contribution in [2.24, 2.45) is 0 Å². The Labute approximate surface area is 113 Å². The van der Waals surface area contributed by atoms with Gasteiger partial charge in [-0.3, -0.25) is 0 Å². The zero-order valence-electron chi connectivity index (χ0n) is 11.5. The molecule has 1 N–H and O–H groups in total. The van der Waals surface area contributed by atoms with E-state index in [0.29, 0.717) is 17.4 Å². The number of nitrogens with one attached hydrogen (secondary N) is 1. The van der Waals surface area contributed by atoms with Crippen LogP contribution in [-0.4, -0.2) is 24.7 Å². The van der Waals surface area contributed by atoms with Crippen LogP contribution >= 0.6 is 11.8 Å². The molecule has 0 bridgehead atoms. The second-order valence-electron chi connectivity index (χ2n) is 4.34. The molecule has 4 heteroatoms. The van der Waals surface area contributed by atoms with Crippen molar-refractivity contribution in [3.05, 3.63) is 29.6 Å². The smallest absolute Gasteiger partial charge is 0.131 e. The molecule has 1 aromatic rings. The molecule has 18 heavy (non-hydrogen) atoms. The first-order chi connectivity index (χ1) is 8.58. The summed E-state index contributed by atoms with van der Waals surface area (Å²) in [5.74, 6) is 2.48. The van der Waals surface area contributed by atoms with E-state index in [1.54, 1.807) is 19.2 Å². The van der Waals surface area contributed by atoms with Gasteiger partial charge in [-0.15, -0.1) is 0 Å². The van der Waals surface area contributed by atoms with Crippen LogP contribution in [0.1, 0.15) is 32.4 Å². The fourth-order valence-corrected chi connectivity index (χ4v) is 2.53. The van der Waals surface area contributed by atoms with Crippen LogP contribution < -0.4 is 10.1 Å². The largest absolute Gasteiger partial charge is 0.497 e. The average Bonchev–Trinajstić information content (AvgIpc) is 2.35. The zero-order chi connectivity index (χ0) is 13.5.